The van der Waals surface area contributed by atoms with E-state index in [4.69, 9.17) is 11.6 Å². The Morgan fingerprint density at radius 1 is 1.35 bits per heavy atom. The average Bonchev–Trinajstić information content (AvgIpc) is 2.72. The number of halogens is 1. The Hall–Kier alpha value is -1.39. The molecule has 1 aromatic carbocycles. The molecular weight excluding hydrogens is 256 g/mol. The SMILES string of the molecule is O=c1c(CCCl)cnc2sc3ccccc3n12. The smallest absolute Gasteiger partial charge is 0.262 e. The molecule has 0 aliphatic carbocycles. The third-order valence-electron chi connectivity index (χ3n) is 2.67. The van der Waals surface area contributed by atoms with Crippen molar-refractivity contribution in [1.82, 2.24) is 9.38 Å². The summed E-state index contributed by atoms with van der Waals surface area (Å²) in [5.41, 5.74) is 1.58. The normalized spacial score (nSPS) is 11.4. The maximum Gasteiger partial charge on any atom is 0.262 e. The first-order valence-electron chi connectivity index (χ1n) is 5.25. The van der Waals surface area contributed by atoms with Gasteiger partial charge in [0.05, 0.1) is 10.2 Å². The zero-order chi connectivity index (χ0) is 11.8. The Balaban J connectivity index is 2.44. The van der Waals surface area contributed by atoms with Gasteiger partial charge in [-0.05, 0) is 18.6 Å². The van der Waals surface area contributed by atoms with Gasteiger partial charge < -0.3 is 0 Å². The van der Waals surface area contributed by atoms with Crippen LogP contribution in [0.5, 0.6) is 0 Å². The monoisotopic (exact) mass is 264 g/mol. The van der Waals surface area contributed by atoms with Gasteiger partial charge in [-0.1, -0.05) is 23.5 Å². The molecule has 0 atom stereocenters. The summed E-state index contributed by atoms with van der Waals surface area (Å²) in [7, 11) is 0. The van der Waals surface area contributed by atoms with E-state index in [9.17, 15) is 4.79 Å². The summed E-state index contributed by atoms with van der Waals surface area (Å²) in [6, 6.07) is 7.82. The molecule has 5 heteroatoms. The van der Waals surface area contributed by atoms with Gasteiger partial charge in [-0.25, -0.2) is 4.98 Å². The van der Waals surface area contributed by atoms with Crippen molar-refractivity contribution >= 4 is 38.1 Å². The lowest BCUT2D eigenvalue weighted by Crippen LogP contribution is -2.18. The highest BCUT2D eigenvalue weighted by molar-refractivity contribution is 7.23. The fourth-order valence-electron chi connectivity index (χ4n) is 1.86. The second-order valence-electron chi connectivity index (χ2n) is 3.72. The predicted octanol–water partition coefficient (Wildman–Crippen LogP) is 2.69. The molecule has 0 spiro atoms. The number of para-hydroxylation sites is 1. The number of alkyl halides is 1. The molecule has 0 radical (unpaired) electrons. The van der Waals surface area contributed by atoms with Crippen molar-refractivity contribution in [2.45, 2.75) is 6.42 Å². The van der Waals surface area contributed by atoms with Crippen LogP contribution in [0.25, 0.3) is 15.2 Å². The van der Waals surface area contributed by atoms with Gasteiger partial charge >= 0.3 is 0 Å². The number of fused-ring (bicyclic) bond motifs is 3. The Kier molecular flexibility index (Phi) is 2.61. The number of hydrogen-bond acceptors (Lipinski definition) is 3. The average molecular weight is 265 g/mol. The maximum atomic E-state index is 12.3. The molecule has 0 saturated heterocycles. The predicted molar refractivity (Wildman–Crippen MR) is 71.3 cm³/mol. The summed E-state index contributed by atoms with van der Waals surface area (Å²) >= 11 is 7.20. The molecule has 3 nitrogen and oxygen atoms in total. The van der Waals surface area contributed by atoms with Gasteiger partial charge in [-0.3, -0.25) is 9.20 Å². The van der Waals surface area contributed by atoms with Crippen molar-refractivity contribution in [2.24, 2.45) is 0 Å². The summed E-state index contributed by atoms with van der Waals surface area (Å²) in [4.78, 5) is 17.3. The molecule has 17 heavy (non-hydrogen) atoms. The van der Waals surface area contributed by atoms with Gasteiger partial charge in [0, 0.05) is 17.6 Å². The topological polar surface area (TPSA) is 34.4 Å². The molecule has 0 bridgehead atoms. The molecule has 0 N–H and O–H groups in total. The quantitative estimate of drug-likeness (QED) is 0.667. The Morgan fingerprint density at radius 2 is 2.18 bits per heavy atom. The Morgan fingerprint density at radius 3 is 3.00 bits per heavy atom. The molecule has 0 saturated carbocycles. The van der Waals surface area contributed by atoms with Crippen LogP contribution in [0.4, 0.5) is 0 Å². The van der Waals surface area contributed by atoms with Crippen molar-refractivity contribution in [3.63, 3.8) is 0 Å². The molecule has 0 amide bonds. The molecule has 0 unspecified atom stereocenters. The van der Waals surface area contributed by atoms with Crippen molar-refractivity contribution in [1.29, 1.82) is 0 Å². The van der Waals surface area contributed by atoms with E-state index in [0.29, 0.717) is 17.9 Å². The maximum absolute atomic E-state index is 12.3. The van der Waals surface area contributed by atoms with E-state index in [-0.39, 0.29) is 5.56 Å². The number of nitrogens with zero attached hydrogens (tertiary/aromatic N) is 2. The van der Waals surface area contributed by atoms with Crippen LogP contribution in [0, 0.1) is 0 Å². The van der Waals surface area contributed by atoms with Crippen LogP contribution in [-0.4, -0.2) is 15.3 Å². The highest BCUT2D eigenvalue weighted by Crippen LogP contribution is 2.23. The van der Waals surface area contributed by atoms with Crippen LogP contribution in [0.15, 0.2) is 35.3 Å². The van der Waals surface area contributed by atoms with E-state index in [1.54, 1.807) is 10.6 Å². The van der Waals surface area contributed by atoms with Crippen molar-refractivity contribution in [3.05, 3.63) is 46.4 Å². The number of hydrogen-bond donors (Lipinski definition) is 0. The number of aryl methyl sites for hydroxylation is 1. The second kappa shape index (κ2) is 4.13. The highest BCUT2D eigenvalue weighted by Gasteiger charge is 2.09. The summed E-state index contributed by atoms with van der Waals surface area (Å²) in [5.74, 6) is 0.436. The van der Waals surface area contributed by atoms with Crippen LogP contribution in [-0.2, 0) is 6.42 Å². The van der Waals surface area contributed by atoms with E-state index >= 15 is 0 Å². The van der Waals surface area contributed by atoms with Crippen molar-refractivity contribution in [3.8, 4) is 0 Å². The minimum Gasteiger partial charge on any atom is -0.269 e. The van der Waals surface area contributed by atoms with Crippen LogP contribution in [0.3, 0.4) is 0 Å². The van der Waals surface area contributed by atoms with Gasteiger partial charge in [0.25, 0.3) is 5.56 Å². The number of benzene rings is 1. The van der Waals surface area contributed by atoms with Gasteiger partial charge in [0.1, 0.15) is 0 Å². The zero-order valence-electron chi connectivity index (χ0n) is 8.89. The first-order valence-corrected chi connectivity index (χ1v) is 6.60. The third-order valence-corrected chi connectivity index (χ3v) is 3.90. The van der Waals surface area contributed by atoms with E-state index in [2.05, 4.69) is 4.98 Å². The highest BCUT2D eigenvalue weighted by atomic mass is 35.5. The lowest BCUT2D eigenvalue weighted by atomic mass is 10.2. The van der Waals surface area contributed by atoms with Crippen LogP contribution >= 0.6 is 22.9 Å². The van der Waals surface area contributed by atoms with Crippen LogP contribution < -0.4 is 5.56 Å². The van der Waals surface area contributed by atoms with Gasteiger partial charge in [0.2, 0.25) is 0 Å². The first-order chi connectivity index (χ1) is 8.31. The lowest BCUT2D eigenvalue weighted by molar-refractivity contribution is 1.01. The summed E-state index contributed by atoms with van der Waals surface area (Å²) in [6.45, 7) is 0. The number of rotatable bonds is 2. The van der Waals surface area contributed by atoms with Crippen molar-refractivity contribution in [2.75, 3.05) is 5.88 Å². The minimum absolute atomic E-state index is 0.00639. The Bertz CT molecular complexity index is 747. The molecule has 2 aromatic heterocycles. The Labute approximate surface area is 106 Å². The summed E-state index contributed by atoms with van der Waals surface area (Å²) in [5, 5.41) is 0. The third kappa shape index (κ3) is 1.64. The molecule has 0 aliphatic rings. The zero-order valence-corrected chi connectivity index (χ0v) is 10.5. The van der Waals surface area contributed by atoms with Gasteiger partial charge in [-0.2, -0.15) is 0 Å². The van der Waals surface area contributed by atoms with E-state index in [1.807, 2.05) is 24.3 Å². The number of thiazole rings is 1. The number of aromatic nitrogens is 2. The molecule has 0 aliphatic heterocycles. The van der Waals surface area contributed by atoms with E-state index < -0.39 is 0 Å². The van der Waals surface area contributed by atoms with Gasteiger partial charge in [0.15, 0.2) is 4.96 Å². The molecular formula is C12H9ClN2OS. The lowest BCUT2D eigenvalue weighted by Gasteiger charge is -1.98. The largest absolute Gasteiger partial charge is 0.269 e. The van der Waals surface area contributed by atoms with Crippen molar-refractivity contribution < 1.29 is 0 Å². The van der Waals surface area contributed by atoms with Crippen LogP contribution in [0.1, 0.15) is 5.56 Å². The standard InChI is InChI=1S/C12H9ClN2OS/c13-6-5-8-7-14-12-15(11(8)16)9-3-1-2-4-10(9)17-12/h1-4,7H,5-6H2. The van der Waals surface area contributed by atoms with E-state index in [0.717, 1.165) is 15.2 Å². The molecule has 3 aromatic rings. The van der Waals surface area contributed by atoms with Crippen LogP contribution in [0.2, 0.25) is 0 Å². The molecule has 2 heterocycles. The fraction of sp³-hybridized carbons (Fsp3) is 0.167. The second-order valence-corrected chi connectivity index (χ2v) is 5.10. The first kappa shape index (κ1) is 10.7. The molecule has 3 rings (SSSR count). The molecule has 86 valence electrons. The summed E-state index contributed by atoms with van der Waals surface area (Å²) < 4.78 is 2.74. The fourth-order valence-corrected chi connectivity index (χ4v) is 3.05. The van der Waals surface area contributed by atoms with Gasteiger partial charge in [-0.15, -0.1) is 11.6 Å². The summed E-state index contributed by atoms with van der Waals surface area (Å²) in [6.07, 6.45) is 2.19. The molecule has 0 fully saturated rings. The van der Waals surface area contributed by atoms with E-state index in [1.165, 1.54) is 11.3 Å². The minimum atomic E-state index is -0.00639.